The molecule has 1 aromatic rings. The molecule has 0 bridgehead atoms. The fraction of sp³-hybridized carbons (Fsp3) is 0.167. The maximum absolute atomic E-state index is 9.65. The lowest BCUT2D eigenvalue weighted by Gasteiger charge is -2.07. The molecule has 0 aromatic heterocycles. The number of nitrogens with one attached hydrogen (secondary N) is 1. The van der Waals surface area contributed by atoms with Crippen LogP contribution in [0.4, 0.5) is 0 Å². The molecule has 0 aliphatic carbocycles. The molecule has 0 aliphatic rings. The van der Waals surface area contributed by atoms with Crippen molar-refractivity contribution in [2.24, 2.45) is 9.98 Å². The van der Waals surface area contributed by atoms with E-state index in [-0.39, 0.29) is 11.5 Å². The third-order valence-corrected chi connectivity index (χ3v) is 3.40. The first-order valence-corrected chi connectivity index (χ1v) is 7.02. The normalized spacial score (nSPS) is 12.8. The van der Waals surface area contributed by atoms with E-state index in [0.717, 1.165) is 11.9 Å². The summed E-state index contributed by atoms with van der Waals surface area (Å²) in [5.74, 6) is 0.408. The highest BCUT2D eigenvalue weighted by atomic mass is 79.9. The van der Waals surface area contributed by atoms with Gasteiger partial charge in [0.25, 0.3) is 0 Å². The van der Waals surface area contributed by atoms with Crippen molar-refractivity contribution in [3.05, 3.63) is 30.3 Å². The molecule has 20 heavy (non-hydrogen) atoms. The van der Waals surface area contributed by atoms with Gasteiger partial charge in [0.05, 0.1) is 18.2 Å². The molecule has 1 aromatic carbocycles. The Hall–Kier alpha value is -1.67. The number of aliphatic imine (C=N–C) groups is 2. The highest BCUT2D eigenvalue weighted by molar-refractivity contribution is 9.19. The number of aromatic hydroxyl groups is 2. The lowest BCUT2D eigenvalue weighted by molar-refractivity contribution is 0.332. The molecule has 0 atom stereocenters. The quantitative estimate of drug-likeness (QED) is 0.413. The number of phenols is 2. The van der Waals surface area contributed by atoms with E-state index < -0.39 is 0 Å². The van der Waals surface area contributed by atoms with E-state index in [4.69, 9.17) is 4.74 Å². The molecule has 0 amide bonds. The summed E-state index contributed by atoms with van der Waals surface area (Å²) in [5.41, 5.74) is 0. The number of hydrogen-bond acceptors (Lipinski definition) is 7. The first kappa shape index (κ1) is 16.4. The predicted molar refractivity (Wildman–Crippen MR) is 84.6 cm³/mol. The molecule has 0 radical (unpaired) electrons. The molecule has 0 fully saturated rings. The van der Waals surface area contributed by atoms with Crippen molar-refractivity contribution in [1.82, 2.24) is 4.72 Å². The van der Waals surface area contributed by atoms with Crippen LogP contribution in [0.5, 0.6) is 11.5 Å². The number of benzene rings is 1. The molecule has 108 valence electrons. The van der Waals surface area contributed by atoms with Crippen LogP contribution in [0.1, 0.15) is 0 Å². The molecule has 0 spiro atoms. The predicted octanol–water partition coefficient (Wildman–Crippen LogP) is 2.63. The van der Waals surface area contributed by atoms with Crippen molar-refractivity contribution in [1.29, 1.82) is 0 Å². The molecular formula is C12H14BrN3O3S. The Morgan fingerprint density at radius 2 is 2.20 bits per heavy atom. The summed E-state index contributed by atoms with van der Waals surface area (Å²) in [6, 6.07) is 4.32. The molecule has 0 saturated heterocycles. The van der Waals surface area contributed by atoms with E-state index in [9.17, 15) is 10.2 Å². The summed E-state index contributed by atoms with van der Waals surface area (Å²) in [6.45, 7) is 0. The average Bonchev–Trinajstić information content (AvgIpc) is 2.43. The third kappa shape index (κ3) is 5.54. The van der Waals surface area contributed by atoms with Crippen molar-refractivity contribution in [2.45, 2.75) is 4.90 Å². The minimum atomic E-state index is -0.0282. The van der Waals surface area contributed by atoms with Crippen molar-refractivity contribution < 1.29 is 14.9 Å². The second-order valence-corrected chi connectivity index (χ2v) is 5.06. The van der Waals surface area contributed by atoms with Crippen LogP contribution in [0, 0.1) is 0 Å². The zero-order chi connectivity index (χ0) is 15.0. The van der Waals surface area contributed by atoms with Crippen LogP contribution in [-0.2, 0) is 4.74 Å². The van der Waals surface area contributed by atoms with Gasteiger partial charge in [-0.15, -0.1) is 0 Å². The van der Waals surface area contributed by atoms with E-state index in [0.29, 0.717) is 15.3 Å². The Morgan fingerprint density at radius 3 is 2.80 bits per heavy atom. The third-order valence-electron chi connectivity index (χ3n) is 1.96. The summed E-state index contributed by atoms with van der Waals surface area (Å²) in [6.07, 6.45) is 2.92. The van der Waals surface area contributed by atoms with Crippen LogP contribution in [0.25, 0.3) is 0 Å². The fourth-order valence-corrected chi connectivity index (χ4v) is 1.79. The van der Waals surface area contributed by atoms with Crippen LogP contribution >= 0.6 is 27.9 Å². The number of halogens is 1. The van der Waals surface area contributed by atoms with E-state index in [2.05, 4.69) is 30.6 Å². The monoisotopic (exact) mass is 359 g/mol. The van der Waals surface area contributed by atoms with E-state index in [1.807, 2.05) is 0 Å². The molecular weight excluding hydrogens is 346 g/mol. The summed E-state index contributed by atoms with van der Waals surface area (Å²) in [7, 11) is 3.13. The van der Waals surface area contributed by atoms with Gasteiger partial charge >= 0.3 is 0 Å². The van der Waals surface area contributed by atoms with E-state index in [1.54, 1.807) is 13.1 Å². The smallest absolute Gasteiger partial charge is 0.171 e. The number of ether oxygens (including phenoxy) is 1. The molecule has 0 unspecified atom stereocenters. The number of hydrogen-bond donors (Lipinski definition) is 3. The van der Waals surface area contributed by atoms with Crippen molar-refractivity contribution >= 4 is 38.7 Å². The Kier molecular flexibility index (Phi) is 6.96. The lowest BCUT2D eigenvalue weighted by atomic mass is 10.3. The van der Waals surface area contributed by atoms with Gasteiger partial charge in [0.15, 0.2) is 5.82 Å². The Morgan fingerprint density at radius 1 is 1.45 bits per heavy atom. The van der Waals surface area contributed by atoms with Crippen LogP contribution in [-0.4, -0.2) is 35.2 Å². The molecule has 0 saturated carbocycles. The summed E-state index contributed by atoms with van der Waals surface area (Å²) in [5, 5.41) is 18.9. The molecule has 1 rings (SSSR count). The summed E-state index contributed by atoms with van der Waals surface area (Å²) < 4.78 is 8.39. The van der Waals surface area contributed by atoms with E-state index >= 15 is 0 Å². The lowest BCUT2D eigenvalue weighted by Crippen LogP contribution is -2.03. The zero-order valence-electron chi connectivity index (χ0n) is 10.9. The van der Waals surface area contributed by atoms with Crippen LogP contribution < -0.4 is 4.72 Å². The number of rotatable bonds is 6. The second kappa shape index (κ2) is 8.49. The van der Waals surface area contributed by atoms with Gasteiger partial charge in [0, 0.05) is 13.1 Å². The van der Waals surface area contributed by atoms with Gasteiger partial charge < -0.3 is 19.7 Å². The topological polar surface area (TPSA) is 86.4 Å². The highest BCUT2D eigenvalue weighted by Crippen LogP contribution is 2.30. The SMILES string of the molecule is CN=C(Br)/C=N\C(=C\OC)NSc1ccc(O)cc1O. The summed E-state index contributed by atoms with van der Waals surface area (Å²) >= 11 is 4.34. The first-order chi connectivity index (χ1) is 9.56. The molecule has 8 heteroatoms. The maximum Gasteiger partial charge on any atom is 0.171 e. The van der Waals surface area contributed by atoms with Crippen LogP contribution in [0.15, 0.2) is 45.2 Å². The van der Waals surface area contributed by atoms with Crippen LogP contribution in [0.3, 0.4) is 0 Å². The fourth-order valence-electron chi connectivity index (χ4n) is 1.07. The van der Waals surface area contributed by atoms with Gasteiger partial charge in [0.2, 0.25) is 0 Å². The second-order valence-electron chi connectivity index (χ2n) is 3.40. The minimum absolute atomic E-state index is 0.000570. The Balaban J connectivity index is 2.73. The molecule has 0 aliphatic heterocycles. The first-order valence-electron chi connectivity index (χ1n) is 5.41. The number of methoxy groups -OCH3 is 1. The number of phenolic OH excluding ortho intramolecular Hbond substituents is 2. The highest BCUT2D eigenvalue weighted by Gasteiger charge is 2.04. The van der Waals surface area contributed by atoms with Gasteiger partial charge in [-0.1, -0.05) is 0 Å². The van der Waals surface area contributed by atoms with Crippen molar-refractivity contribution in [3.63, 3.8) is 0 Å². The maximum atomic E-state index is 9.65. The van der Waals surface area contributed by atoms with Crippen molar-refractivity contribution in [2.75, 3.05) is 14.2 Å². The molecule has 0 heterocycles. The molecule has 3 N–H and O–H groups in total. The Labute approximate surface area is 129 Å². The van der Waals surface area contributed by atoms with Gasteiger partial charge in [-0.3, -0.25) is 4.99 Å². The number of nitrogens with zero attached hydrogens (tertiary/aromatic N) is 2. The summed E-state index contributed by atoms with van der Waals surface area (Å²) in [4.78, 5) is 8.54. The molecule has 6 nitrogen and oxygen atoms in total. The van der Waals surface area contributed by atoms with Gasteiger partial charge in [-0.25, -0.2) is 4.99 Å². The average molecular weight is 360 g/mol. The van der Waals surface area contributed by atoms with Crippen molar-refractivity contribution in [3.8, 4) is 11.5 Å². The van der Waals surface area contributed by atoms with Crippen LogP contribution in [0.2, 0.25) is 0 Å². The zero-order valence-corrected chi connectivity index (χ0v) is 13.3. The standard InChI is InChI=1S/C12H14BrN3O3S/c1-14-11(13)6-15-12(7-19-2)16-20-10-4-3-8(17)5-9(10)18/h3-7,16-18H,1-2H3/b12-7-,14-11?,15-6-. The Bertz CT molecular complexity index is 547. The van der Waals surface area contributed by atoms with Gasteiger partial charge in [0.1, 0.15) is 22.4 Å². The van der Waals surface area contributed by atoms with E-state index in [1.165, 1.54) is 31.7 Å². The minimum Gasteiger partial charge on any atom is -0.508 e. The van der Waals surface area contributed by atoms with Gasteiger partial charge in [-0.05, 0) is 40.0 Å². The largest absolute Gasteiger partial charge is 0.508 e. The van der Waals surface area contributed by atoms with Gasteiger partial charge in [-0.2, -0.15) is 0 Å².